The van der Waals surface area contributed by atoms with E-state index in [0.717, 1.165) is 51.7 Å². The van der Waals surface area contributed by atoms with Gasteiger partial charge in [0.05, 0.1) is 25.4 Å². The van der Waals surface area contributed by atoms with Crippen LogP contribution < -0.4 is 0 Å². The van der Waals surface area contributed by atoms with E-state index in [1.807, 2.05) is 0 Å². The molecule has 0 saturated carbocycles. The smallest absolute Gasteiger partial charge is 0.187 e. The van der Waals surface area contributed by atoms with Crippen LogP contribution >= 0.6 is 0 Å². The molecule has 2 saturated heterocycles. The molecule has 0 amide bonds. The lowest BCUT2D eigenvalue weighted by Gasteiger charge is -2.32. The molecule has 2 aliphatic rings. The lowest BCUT2D eigenvalue weighted by molar-refractivity contribution is -0.0580. The van der Waals surface area contributed by atoms with Crippen LogP contribution in [0.1, 0.15) is 38.5 Å². The molecule has 220 valence electrons. The Balaban J connectivity index is 1.88. The highest BCUT2D eigenvalue weighted by atomic mass is 28.4. The molecule has 7 nitrogen and oxygen atoms in total. The lowest BCUT2D eigenvalue weighted by atomic mass is 10.1. The fourth-order valence-corrected chi connectivity index (χ4v) is 8.29. The number of rotatable bonds is 20. The number of epoxide rings is 2. The van der Waals surface area contributed by atoms with Gasteiger partial charge >= 0.3 is 0 Å². The van der Waals surface area contributed by atoms with E-state index < -0.39 is 33.3 Å². The van der Waals surface area contributed by atoms with E-state index in [4.69, 9.17) is 31.9 Å². The van der Waals surface area contributed by atoms with Crippen LogP contribution in [0.4, 0.5) is 0 Å². The van der Waals surface area contributed by atoms with Crippen LogP contribution in [-0.2, 0) is 31.9 Å². The molecular formula is C26H58O7Si4. The van der Waals surface area contributed by atoms with E-state index in [9.17, 15) is 0 Å². The largest absolute Gasteiger partial charge is 0.394 e. The zero-order valence-electron chi connectivity index (χ0n) is 26.0. The first-order chi connectivity index (χ1) is 16.8. The second-order valence-corrected chi connectivity index (χ2v) is 32.4. The Morgan fingerprint density at radius 1 is 0.514 bits per heavy atom. The van der Waals surface area contributed by atoms with Crippen LogP contribution in [0.25, 0.3) is 0 Å². The molecule has 37 heavy (non-hydrogen) atoms. The molecule has 2 fully saturated rings. The van der Waals surface area contributed by atoms with E-state index in [2.05, 4.69) is 78.6 Å². The molecule has 0 bridgehead atoms. The van der Waals surface area contributed by atoms with Gasteiger partial charge in [0, 0.05) is 0 Å². The van der Waals surface area contributed by atoms with Gasteiger partial charge in [-0.15, -0.1) is 0 Å². The van der Waals surface area contributed by atoms with Crippen LogP contribution in [-0.4, -0.2) is 83.5 Å². The third-order valence-electron chi connectivity index (χ3n) is 5.69. The van der Waals surface area contributed by atoms with Crippen LogP contribution in [0.3, 0.4) is 0 Å². The first-order valence-corrected chi connectivity index (χ1v) is 28.0. The summed E-state index contributed by atoms with van der Waals surface area (Å²) in [7, 11) is -6.74. The fourth-order valence-electron chi connectivity index (χ4n) is 4.28. The molecule has 4 unspecified atom stereocenters. The summed E-state index contributed by atoms with van der Waals surface area (Å²) in [6.45, 7) is 28.3. The molecule has 2 heterocycles. The molecule has 0 radical (unpaired) electrons. The molecular weight excluding hydrogens is 537 g/mol. The van der Waals surface area contributed by atoms with Crippen molar-refractivity contribution in [1.82, 2.24) is 0 Å². The highest BCUT2D eigenvalue weighted by molar-refractivity contribution is 6.71. The minimum atomic E-state index is -1.69. The Labute approximate surface area is 232 Å². The van der Waals surface area contributed by atoms with Crippen molar-refractivity contribution in [2.75, 3.05) is 13.2 Å². The fraction of sp³-hybridized carbons (Fsp3) is 1.00. The number of hydrogen-bond donors (Lipinski definition) is 0. The topological polar surface area (TPSA) is 71.2 Å². The molecule has 4 atom stereocenters. The van der Waals surface area contributed by atoms with Crippen LogP contribution in [0.5, 0.6) is 0 Å². The SMILES string of the molecule is C[Si](C)(C)OC(CCCC(OC(CCCC(O[Si](C)(C)C)O[Si](C)(C)C)C1CO1)C1CO1)O[Si](C)(C)C. The second kappa shape index (κ2) is 14.0. The zero-order chi connectivity index (χ0) is 28.1. The van der Waals surface area contributed by atoms with E-state index in [1.54, 1.807) is 0 Å². The van der Waals surface area contributed by atoms with Gasteiger partial charge in [0.1, 0.15) is 24.8 Å². The van der Waals surface area contributed by atoms with Gasteiger partial charge in [-0.2, -0.15) is 0 Å². The molecule has 0 spiro atoms. The third kappa shape index (κ3) is 17.1. The van der Waals surface area contributed by atoms with E-state index in [0.29, 0.717) is 0 Å². The quantitative estimate of drug-likeness (QED) is 0.0859. The minimum absolute atomic E-state index is 0.0980. The van der Waals surface area contributed by atoms with Crippen molar-refractivity contribution >= 4 is 33.3 Å². The molecule has 2 aliphatic heterocycles. The van der Waals surface area contributed by atoms with E-state index in [-0.39, 0.29) is 37.0 Å². The summed E-state index contributed by atoms with van der Waals surface area (Å²) < 4.78 is 43.6. The summed E-state index contributed by atoms with van der Waals surface area (Å²) in [5, 5.41) is 0. The standard InChI is InChI=1S/C26H58O7Si4/c1-34(2,3)30-25(31-35(4,5)6)17-13-15-21(23-19-27-23)29-22(24-20-28-24)16-14-18-26(32-36(7,8)9)33-37(10,11)12/h21-26H,13-20H2,1-12H3. The average Bonchev–Trinajstić information content (AvgIpc) is 3.54. The van der Waals surface area contributed by atoms with Crippen molar-refractivity contribution in [2.24, 2.45) is 0 Å². The average molecular weight is 595 g/mol. The Bertz CT molecular complexity index is 574. The Morgan fingerprint density at radius 2 is 0.784 bits per heavy atom. The van der Waals surface area contributed by atoms with Gasteiger partial charge < -0.3 is 31.9 Å². The van der Waals surface area contributed by atoms with Crippen molar-refractivity contribution in [2.45, 2.75) is 154 Å². The van der Waals surface area contributed by atoms with Crippen molar-refractivity contribution in [3.05, 3.63) is 0 Å². The summed E-state index contributed by atoms with van der Waals surface area (Å²) in [5.74, 6) is 0. The molecule has 2 rings (SSSR count). The van der Waals surface area contributed by atoms with Crippen LogP contribution in [0.2, 0.25) is 78.6 Å². The number of hydrogen-bond acceptors (Lipinski definition) is 7. The van der Waals surface area contributed by atoms with Crippen LogP contribution in [0.15, 0.2) is 0 Å². The number of ether oxygens (including phenoxy) is 3. The third-order valence-corrected chi connectivity index (χ3v) is 9.57. The highest BCUT2D eigenvalue weighted by Gasteiger charge is 2.40. The lowest BCUT2D eigenvalue weighted by Crippen LogP contribution is -2.40. The molecule has 0 aromatic rings. The summed E-state index contributed by atoms with van der Waals surface area (Å²) in [4.78, 5) is 0. The van der Waals surface area contributed by atoms with Crippen molar-refractivity contribution < 1.29 is 31.9 Å². The normalized spacial score (nSPS) is 22.5. The summed E-state index contributed by atoms with van der Waals surface area (Å²) in [5.41, 5.74) is 0. The maximum Gasteiger partial charge on any atom is 0.187 e. The van der Waals surface area contributed by atoms with Crippen molar-refractivity contribution in [3.8, 4) is 0 Å². The first-order valence-electron chi connectivity index (χ1n) is 14.4. The summed E-state index contributed by atoms with van der Waals surface area (Å²) >= 11 is 0. The van der Waals surface area contributed by atoms with Gasteiger partial charge in [-0.1, -0.05) is 0 Å². The van der Waals surface area contributed by atoms with E-state index >= 15 is 0 Å². The molecule has 11 heteroatoms. The van der Waals surface area contributed by atoms with Gasteiger partial charge in [0.2, 0.25) is 0 Å². The Kier molecular flexibility index (Phi) is 12.8. The predicted molar refractivity (Wildman–Crippen MR) is 161 cm³/mol. The summed E-state index contributed by atoms with van der Waals surface area (Å²) in [6.07, 6.45) is 6.07. The van der Waals surface area contributed by atoms with Gasteiger partial charge in [0.25, 0.3) is 0 Å². The van der Waals surface area contributed by atoms with Crippen molar-refractivity contribution in [3.63, 3.8) is 0 Å². The molecule has 0 aliphatic carbocycles. The zero-order valence-corrected chi connectivity index (χ0v) is 30.0. The molecule has 0 aromatic carbocycles. The monoisotopic (exact) mass is 594 g/mol. The summed E-state index contributed by atoms with van der Waals surface area (Å²) in [6, 6.07) is 0. The Morgan fingerprint density at radius 3 is 1.00 bits per heavy atom. The molecule has 0 N–H and O–H groups in total. The van der Waals surface area contributed by atoms with Gasteiger partial charge in [-0.3, -0.25) is 0 Å². The maximum absolute atomic E-state index is 6.69. The van der Waals surface area contributed by atoms with Crippen LogP contribution in [0, 0.1) is 0 Å². The molecule has 0 aromatic heterocycles. The second-order valence-electron chi connectivity index (χ2n) is 14.6. The van der Waals surface area contributed by atoms with Gasteiger partial charge in [-0.05, 0) is 117 Å². The first kappa shape index (κ1) is 33.8. The Hall–Kier alpha value is 0.588. The van der Waals surface area contributed by atoms with Gasteiger partial charge in [0.15, 0.2) is 33.3 Å². The van der Waals surface area contributed by atoms with E-state index in [1.165, 1.54) is 0 Å². The highest BCUT2D eigenvalue weighted by Crippen LogP contribution is 2.30. The van der Waals surface area contributed by atoms with Crippen molar-refractivity contribution in [1.29, 1.82) is 0 Å². The minimum Gasteiger partial charge on any atom is -0.394 e. The predicted octanol–water partition coefficient (Wildman–Crippen LogP) is 6.94. The maximum atomic E-state index is 6.69. The van der Waals surface area contributed by atoms with Gasteiger partial charge in [-0.25, -0.2) is 0 Å².